The second-order valence-electron chi connectivity index (χ2n) is 15.5. The van der Waals surface area contributed by atoms with Crippen LogP contribution < -0.4 is 43.0 Å². The first-order valence-corrected chi connectivity index (χ1v) is 21.3. The average molecular weight is 875 g/mol. The maximum absolute atomic E-state index is 14.4. The van der Waals surface area contributed by atoms with Crippen LogP contribution in [0.5, 0.6) is 11.5 Å². The number of carbonyl (C=O) groups excluding carboxylic acids is 7. The molecule has 3 aromatic rings. The summed E-state index contributed by atoms with van der Waals surface area (Å²) < 4.78 is 0. The Hall–Kier alpha value is -6.14. The summed E-state index contributed by atoms with van der Waals surface area (Å²) in [6.45, 7) is 5.15. The summed E-state index contributed by atoms with van der Waals surface area (Å²) in [5.41, 5.74) is 7.92. The van der Waals surface area contributed by atoms with E-state index in [-0.39, 0.29) is 42.9 Å². The molecule has 17 nitrogen and oxygen atoms in total. The van der Waals surface area contributed by atoms with Crippen molar-refractivity contribution in [3.8, 4) is 11.5 Å². The molecule has 7 amide bonds. The summed E-state index contributed by atoms with van der Waals surface area (Å²) in [7, 11) is 0. The maximum atomic E-state index is 14.4. The van der Waals surface area contributed by atoms with E-state index in [0.717, 1.165) is 0 Å². The molecule has 62 heavy (non-hydrogen) atoms. The molecule has 0 aromatic heterocycles. The van der Waals surface area contributed by atoms with Gasteiger partial charge in [0.2, 0.25) is 41.4 Å². The van der Waals surface area contributed by atoms with Crippen LogP contribution in [0.4, 0.5) is 5.69 Å². The molecule has 0 saturated heterocycles. The van der Waals surface area contributed by atoms with Gasteiger partial charge in [0.05, 0.1) is 0 Å². The van der Waals surface area contributed by atoms with Gasteiger partial charge < -0.3 is 53.2 Å². The molecule has 0 spiro atoms. The van der Waals surface area contributed by atoms with Crippen LogP contribution in [-0.2, 0) is 52.8 Å². The van der Waals surface area contributed by atoms with E-state index in [1.165, 1.54) is 31.2 Å². The van der Waals surface area contributed by atoms with Gasteiger partial charge >= 0.3 is 0 Å². The van der Waals surface area contributed by atoms with Crippen molar-refractivity contribution in [2.24, 2.45) is 11.7 Å². The Labute approximate surface area is 366 Å². The van der Waals surface area contributed by atoms with Gasteiger partial charge in [0.25, 0.3) is 0 Å². The number of phenolic OH excluding ortho intramolecular Hbond substituents is 2. The van der Waals surface area contributed by atoms with E-state index in [2.05, 4.69) is 49.8 Å². The molecule has 0 aliphatic carbocycles. The second kappa shape index (κ2) is 23.7. The van der Waals surface area contributed by atoms with E-state index >= 15 is 0 Å². The molecule has 334 valence electrons. The summed E-state index contributed by atoms with van der Waals surface area (Å²) in [6, 6.07) is 11.7. The van der Waals surface area contributed by atoms with Gasteiger partial charge in [0, 0.05) is 37.6 Å². The molecule has 0 unspecified atom stereocenters. The minimum Gasteiger partial charge on any atom is -0.508 e. The van der Waals surface area contributed by atoms with E-state index in [4.69, 9.17) is 5.73 Å². The Morgan fingerprint density at radius 1 is 0.742 bits per heavy atom. The van der Waals surface area contributed by atoms with Crippen molar-refractivity contribution >= 4 is 59.7 Å². The molecule has 0 saturated carbocycles. The van der Waals surface area contributed by atoms with Crippen LogP contribution in [0.15, 0.2) is 72.8 Å². The van der Waals surface area contributed by atoms with Crippen LogP contribution in [0.1, 0.15) is 63.1 Å². The summed E-state index contributed by atoms with van der Waals surface area (Å²) >= 11 is 4.18. The Morgan fingerprint density at radius 2 is 1.27 bits per heavy atom. The number of hydrogen-bond donors (Lipinski definition) is 11. The van der Waals surface area contributed by atoms with Gasteiger partial charge in [-0.25, -0.2) is 0 Å². The van der Waals surface area contributed by atoms with Crippen molar-refractivity contribution in [2.75, 3.05) is 17.6 Å². The lowest BCUT2D eigenvalue weighted by Gasteiger charge is -2.29. The zero-order chi connectivity index (χ0) is 45.3. The van der Waals surface area contributed by atoms with Crippen molar-refractivity contribution in [3.63, 3.8) is 0 Å². The number of anilines is 1. The van der Waals surface area contributed by atoms with E-state index in [1.54, 1.807) is 55.5 Å². The predicted molar refractivity (Wildman–Crippen MR) is 236 cm³/mol. The highest BCUT2D eigenvalue weighted by Gasteiger charge is 2.35. The number of nitrogens with one attached hydrogen (secondary N) is 7. The van der Waals surface area contributed by atoms with Crippen LogP contribution in [-0.4, -0.2) is 100 Å². The highest BCUT2D eigenvalue weighted by molar-refractivity contribution is 7.80. The Morgan fingerprint density at radius 3 is 1.79 bits per heavy atom. The summed E-state index contributed by atoms with van der Waals surface area (Å²) in [5.74, 6) is -4.94. The Bertz CT molecular complexity index is 2020. The van der Waals surface area contributed by atoms with Gasteiger partial charge in [0.1, 0.15) is 47.8 Å². The van der Waals surface area contributed by atoms with Crippen molar-refractivity contribution in [1.82, 2.24) is 31.9 Å². The quantitative estimate of drug-likeness (QED) is 0.0555. The van der Waals surface area contributed by atoms with Crippen molar-refractivity contribution in [3.05, 3.63) is 89.5 Å². The van der Waals surface area contributed by atoms with Gasteiger partial charge in [-0.1, -0.05) is 56.7 Å². The molecule has 3 aromatic carbocycles. The average Bonchev–Trinajstić information content (AvgIpc) is 3.24. The van der Waals surface area contributed by atoms with Crippen LogP contribution in [0.2, 0.25) is 0 Å². The van der Waals surface area contributed by atoms with Crippen molar-refractivity contribution in [2.45, 2.75) is 102 Å². The number of benzene rings is 3. The number of amides is 7. The topological polar surface area (TPSA) is 270 Å². The lowest BCUT2D eigenvalue weighted by atomic mass is 9.96. The largest absolute Gasteiger partial charge is 0.508 e. The first kappa shape index (κ1) is 48.5. The Balaban J connectivity index is 1.75. The molecule has 2 aliphatic heterocycles. The second-order valence-corrected chi connectivity index (χ2v) is 15.8. The number of phenols is 2. The number of unbranched alkanes of at least 4 members (excludes halogenated alkanes) is 1. The molecular formula is C44H58N8O9S. The van der Waals surface area contributed by atoms with Gasteiger partial charge in [-0.15, -0.1) is 0 Å². The first-order chi connectivity index (χ1) is 29.6. The number of aromatic hydroxyl groups is 2. The normalized spacial score (nSPS) is 20.0. The maximum Gasteiger partial charge on any atom is 0.247 e. The molecule has 2 bridgehead atoms. The van der Waals surface area contributed by atoms with Crippen LogP contribution in [0, 0.1) is 5.92 Å². The molecule has 5 rings (SSSR count). The summed E-state index contributed by atoms with van der Waals surface area (Å²) in [5, 5.41) is 39.0. The fraction of sp³-hybridized carbons (Fsp3) is 0.432. The zero-order valence-corrected chi connectivity index (χ0v) is 36.0. The monoisotopic (exact) mass is 874 g/mol. The Kier molecular flexibility index (Phi) is 18.6. The lowest BCUT2D eigenvalue weighted by molar-refractivity contribution is -0.135. The van der Waals surface area contributed by atoms with Gasteiger partial charge in [-0.2, -0.15) is 12.6 Å². The standard InChI is InChI=1S/C44H58N8O9S/c1-4-25(2)38(52-43(60)37(24-62)46-26(3)53)44(61)51-36-21-27-8-14-30(15-9-27)47-40(57)34(22-28-10-16-31(54)17-11-28)50-42(59)35(23-29-12-18-32(55)19-13-29)49-39(56)33(48-41(36)58)7-5-6-20-45/h8-19,25,33-38,54-55,62H,4-7,20-24,45H2,1-3H3,(H,46,53)(H,47,57)(H,48,58)(H,49,56)(H,50,59)(H,51,61)(H,52,60)/t25-,33-,34-,35-,36+,37-,38-/m0/s1. The van der Waals surface area contributed by atoms with Crippen molar-refractivity contribution in [1.29, 1.82) is 0 Å². The van der Waals surface area contributed by atoms with Crippen LogP contribution in [0.3, 0.4) is 0 Å². The third-order valence-electron chi connectivity index (χ3n) is 10.6. The first-order valence-electron chi connectivity index (χ1n) is 20.7. The van der Waals surface area contributed by atoms with Gasteiger partial charge in [-0.05, 0) is 84.8 Å². The van der Waals surface area contributed by atoms with E-state index in [1.807, 2.05) is 6.92 Å². The molecule has 0 fully saturated rings. The van der Waals surface area contributed by atoms with Crippen molar-refractivity contribution < 1.29 is 43.8 Å². The van der Waals surface area contributed by atoms with Crippen LogP contribution >= 0.6 is 12.6 Å². The molecule has 18 heteroatoms. The van der Waals surface area contributed by atoms with E-state index in [0.29, 0.717) is 48.2 Å². The fourth-order valence-corrected chi connectivity index (χ4v) is 7.04. The molecule has 11 N–H and O–H groups in total. The van der Waals surface area contributed by atoms with E-state index in [9.17, 15) is 43.8 Å². The number of fused-ring (bicyclic) bond motifs is 14. The molecular weight excluding hydrogens is 817 g/mol. The van der Waals surface area contributed by atoms with Gasteiger partial charge in [-0.3, -0.25) is 33.6 Å². The number of hydrogen-bond acceptors (Lipinski definition) is 11. The SMILES string of the molecule is CC[C@H](C)[C@H](NC(=O)[C@H](CS)NC(C)=O)C(=O)N[C@@H]1Cc2ccc(cc2)NC(=O)[C@H](Cc2ccc(O)cc2)NC(=O)[C@H](Cc2ccc(O)cc2)NC(=O)[C@H](CCCCN)NC1=O. The fourth-order valence-electron chi connectivity index (χ4n) is 6.79. The highest BCUT2D eigenvalue weighted by Crippen LogP contribution is 2.18. The third-order valence-corrected chi connectivity index (χ3v) is 10.9. The zero-order valence-electron chi connectivity index (χ0n) is 35.1. The van der Waals surface area contributed by atoms with Gasteiger partial charge in [0.15, 0.2) is 0 Å². The number of rotatable bonds is 16. The highest BCUT2D eigenvalue weighted by atomic mass is 32.1. The number of carbonyl (C=O) groups is 7. The van der Waals surface area contributed by atoms with E-state index < -0.39 is 83.5 Å². The number of nitrogens with two attached hydrogens (primary N) is 1. The number of thiol groups is 1. The predicted octanol–water partition coefficient (Wildman–Crippen LogP) is 1.11. The minimum absolute atomic E-state index is 0.0104. The molecule has 0 radical (unpaired) electrons. The summed E-state index contributed by atoms with van der Waals surface area (Å²) in [6.07, 6.45) is 1.40. The third kappa shape index (κ3) is 14.8. The molecule has 2 heterocycles. The minimum atomic E-state index is -1.28. The molecule has 2 aliphatic rings. The smallest absolute Gasteiger partial charge is 0.247 e. The summed E-state index contributed by atoms with van der Waals surface area (Å²) in [4.78, 5) is 95.9. The molecule has 7 atom stereocenters. The van der Waals surface area contributed by atoms with Crippen LogP contribution in [0.25, 0.3) is 0 Å². The lowest BCUT2D eigenvalue weighted by Crippen LogP contribution is -2.61.